The molecular weight excluding hydrogens is 442 g/mol. The number of pyridine rings is 1. The van der Waals surface area contributed by atoms with Crippen molar-refractivity contribution in [2.24, 2.45) is 0 Å². The van der Waals surface area contributed by atoms with E-state index in [-0.39, 0.29) is 23.4 Å². The van der Waals surface area contributed by atoms with Crippen LogP contribution in [0, 0.1) is 13.8 Å². The molecule has 2 N–H and O–H groups in total. The van der Waals surface area contributed by atoms with Crippen LogP contribution in [0.1, 0.15) is 39.9 Å². The molecule has 0 atom stereocenters. The minimum atomic E-state index is -3.48. The summed E-state index contributed by atoms with van der Waals surface area (Å²) in [5, 5.41) is 3.54. The Labute approximate surface area is 192 Å². The smallest absolute Gasteiger partial charge is 0.254 e. The number of nitrogens with zero attached hydrogens (tertiary/aromatic N) is 1. The lowest BCUT2D eigenvalue weighted by Crippen LogP contribution is -2.26. The lowest BCUT2D eigenvalue weighted by atomic mass is 10.1. The molecule has 0 unspecified atom stereocenters. The van der Waals surface area contributed by atoms with E-state index in [4.69, 9.17) is 0 Å². The maximum atomic E-state index is 12.8. The summed E-state index contributed by atoms with van der Waals surface area (Å²) in [5.74, 6) is -0.225. The summed E-state index contributed by atoms with van der Waals surface area (Å²) in [6.07, 6.45) is 3.46. The number of carbonyl (C=O) groups excluding carboxylic acids is 1. The second-order valence-corrected chi connectivity index (χ2v) is 10.7. The number of aryl methyl sites for hydroxylation is 2. The fourth-order valence-corrected chi connectivity index (χ4v) is 5.37. The molecule has 0 bridgehead atoms. The largest absolute Gasteiger partial charge is 0.348 e. The third kappa shape index (κ3) is 5.56. The van der Waals surface area contributed by atoms with Crippen molar-refractivity contribution in [2.75, 3.05) is 0 Å². The highest BCUT2D eigenvalue weighted by Crippen LogP contribution is 2.30. The van der Waals surface area contributed by atoms with Gasteiger partial charge >= 0.3 is 0 Å². The normalized spacial score (nSPS) is 13.7. The SMILES string of the molecule is Cc1ccc(Sc2ncccc2C(=O)NCc2ccc(S(=O)(=O)NC3CC3)cc2)cc1C. The van der Waals surface area contributed by atoms with Gasteiger partial charge in [-0.15, -0.1) is 0 Å². The Kier molecular flexibility index (Phi) is 6.64. The van der Waals surface area contributed by atoms with Crippen molar-refractivity contribution >= 4 is 27.7 Å². The van der Waals surface area contributed by atoms with Crippen molar-refractivity contribution < 1.29 is 13.2 Å². The fourth-order valence-electron chi connectivity index (χ4n) is 3.09. The number of hydrogen-bond acceptors (Lipinski definition) is 5. The fraction of sp³-hybridized carbons (Fsp3) is 0.250. The van der Waals surface area contributed by atoms with Crippen LogP contribution in [0.25, 0.3) is 0 Å². The van der Waals surface area contributed by atoms with E-state index in [9.17, 15) is 13.2 Å². The molecule has 0 aliphatic heterocycles. The van der Waals surface area contributed by atoms with Gasteiger partial charge in [-0.05, 0) is 79.8 Å². The first kappa shape index (κ1) is 22.5. The number of benzene rings is 2. The second kappa shape index (κ2) is 9.44. The maximum absolute atomic E-state index is 12.8. The summed E-state index contributed by atoms with van der Waals surface area (Å²) in [6.45, 7) is 4.41. The third-order valence-electron chi connectivity index (χ3n) is 5.29. The number of carbonyl (C=O) groups is 1. The van der Waals surface area contributed by atoms with Gasteiger partial charge in [0.1, 0.15) is 5.03 Å². The van der Waals surface area contributed by atoms with Crippen molar-refractivity contribution in [1.82, 2.24) is 15.0 Å². The highest BCUT2D eigenvalue weighted by molar-refractivity contribution is 7.99. The van der Waals surface area contributed by atoms with E-state index in [2.05, 4.69) is 41.0 Å². The third-order valence-corrected chi connectivity index (χ3v) is 7.84. The van der Waals surface area contributed by atoms with Crippen LogP contribution in [0.3, 0.4) is 0 Å². The molecule has 1 saturated carbocycles. The van der Waals surface area contributed by atoms with Gasteiger partial charge in [0.15, 0.2) is 0 Å². The van der Waals surface area contributed by atoms with Crippen LogP contribution in [-0.4, -0.2) is 25.4 Å². The minimum absolute atomic E-state index is 0.0642. The van der Waals surface area contributed by atoms with Gasteiger partial charge in [0.05, 0.1) is 10.5 Å². The van der Waals surface area contributed by atoms with Gasteiger partial charge < -0.3 is 5.32 Å². The Morgan fingerprint density at radius 3 is 2.50 bits per heavy atom. The summed E-state index contributed by atoms with van der Waals surface area (Å²) in [5.41, 5.74) is 3.73. The Bertz CT molecular complexity index is 1240. The molecule has 1 heterocycles. The zero-order valence-electron chi connectivity index (χ0n) is 18.0. The summed E-state index contributed by atoms with van der Waals surface area (Å²) in [7, 11) is -3.48. The lowest BCUT2D eigenvalue weighted by molar-refractivity contribution is 0.0947. The molecule has 6 nitrogen and oxygen atoms in total. The van der Waals surface area contributed by atoms with Crippen molar-refractivity contribution in [3.8, 4) is 0 Å². The lowest BCUT2D eigenvalue weighted by Gasteiger charge is -2.11. The number of aromatic nitrogens is 1. The van der Waals surface area contributed by atoms with Crippen LogP contribution in [0.4, 0.5) is 0 Å². The van der Waals surface area contributed by atoms with Gasteiger partial charge in [-0.2, -0.15) is 0 Å². The van der Waals surface area contributed by atoms with E-state index in [1.807, 2.05) is 6.07 Å². The summed E-state index contributed by atoms with van der Waals surface area (Å²) < 4.78 is 27.2. The quantitative estimate of drug-likeness (QED) is 0.518. The van der Waals surface area contributed by atoms with E-state index in [0.29, 0.717) is 10.6 Å². The zero-order valence-corrected chi connectivity index (χ0v) is 19.6. The van der Waals surface area contributed by atoms with E-state index in [0.717, 1.165) is 23.3 Å². The highest BCUT2D eigenvalue weighted by Gasteiger charge is 2.27. The molecule has 3 aromatic rings. The van der Waals surface area contributed by atoms with Gasteiger partial charge in [0.2, 0.25) is 10.0 Å². The van der Waals surface area contributed by atoms with Gasteiger partial charge in [-0.25, -0.2) is 18.1 Å². The topological polar surface area (TPSA) is 88.2 Å². The van der Waals surface area contributed by atoms with Crippen LogP contribution in [0.15, 0.2) is 75.6 Å². The first-order chi connectivity index (χ1) is 15.3. The molecule has 8 heteroatoms. The molecule has 0 radical (unpaired) electrons. The van der Waals surface area contributed by atoms with Crippen molar-refractivity contribution in [1.29, 1.82) is 0 Å². The first-order valence-corrected chi connectivity index (χ1v) is 12.7. The molecule has 0 spiro atoms. The highest BCUT2D eigenvalue weighted by atomic mass is 32.2. The summed E-state index contributed by atoms with van der Waals surface area (Å²) >= 11 is 1.46. The van der Waals surface area contributed by atoms with E-state index < -0.39 is 10.0 Å². The van der Waals surface area contributed by atoms with Crippen molar-refractivity contribution in [3.05, 3.63) is 83.0 Å². The molecule has 166 valence electrons. The standard InChI is InChI=1S/C24H25N3O3S2/c1-16-5-10-20(14-17(16)2)31-24-22(4-3-13-25-24)23(28)26-15-18-6-11-21(12-7-18)32(29,30)27-19-8-9-19/h3-7,10-14,19,27H,8-9,15H2,1-2H3,(H,26,28). The summed E-state index contributed by atoms with van der Waals surface area (Å²) in [6, 6.07) is 16.3. The minimum Gasteiger partial charge on any atom is -0.348 e. The molecular formula is C24H25N3O3S2. The average Bonchev–Trinajstić information content (AvgIpc) is 3.59. The van der Waals surface area contributed by atoms with E-state index in [1.54, 1.807) is 42.6 Å². The van der Waals surface area contributed by atoms with Gasteiger partial charge in [0.25, 0.3) is 5.91 Å². The molecule has 2 aromatic carbocycles. The van der Waals surface area contributed by atoms with Crippen LogP contribution in [0.5, 0.6) is 0 Å². The van der Waals surface area contributed by atoms with E-state index >= 15 is 0 Å². The molecule has 1 aromatic heterocycles. The maximum Gasteiger partial charge on any atom is 0.254 e. The second-order valence-electron chi connectivity index (χ2n) is 7.93. The van der Waals surface area contributed by atoms with Gasteiger partial charge in [-0.3, -0.25) is 4.79 Å². The molecule has 1 fully saturated rings. The Morgan fingerprint density at radius 1 is 1.06 bits per heavy atom. The molecule has 1 aliphatic carbocycles. The van der Waals surface area contributed by atoms with Crippen LogP contribution in [-0.2, 0) is 16.6 Å². The predicted molar refractivity (Wildman–Crippen MR) is 125 cm³/mol. The van der Waals surface area contributed by atoms with Crippen LogP contribution in [0.2, 0.25) is 0 Å². The number of rotatable bonds is 8. The number of sulfonamides is 1. The van der Waals surface area contributed by atoms with Crippen molar-refractivity contribution in [2.45, 2.75) is 54.1 Å². The predicted octanol–water partition coefficient (Wildman–Crippen LogP) is 4.22. The summed E-state index contributed by atoms with van der Waals surface area (Å²) in [4.78, 5) is 18.5. The van der Waals surface area contributed by atoms with Gasteiger partial charge in [0, 0.05) is 23.7 Å². The zero-order chi connectivity index (χ0) is 22.7. The molecule has 32 heavy (non-hydrogen) atoms. The van der Waals surface area contributed by atoms with Crippen LogP contribution < -0.4 is 10.0 Å². The average molecular weight is 468 g/mol. The van der Waals surface area contributed by atoms with Crippen molar-refractivity contribution in [3.63, 3.8) is 0 Å². The first-order valence-electron chi connectivity index (χ1n) is 10.4. The monoisotopic (exact) mass is 467 g/mol. The molecule has 0 saturated heterocycles. The Hall–Kier alpha value is -2.68. The van der Waals surface area contributed by atoms with Crippen LogP contribution >= 0.6 is 11.8 Å². The Morgan fingerprint density at radius 2 is 1.81 bits per heavy atom. The van der Waals surface area contributed by atoms with Gasteiger partial charge in [-0.1, -0.05) is 30.0 Å². The Balaban J connectivity index is 1.41. The number of hydrogen-bond donors (Lipinski definition) is 2. The molecule has 1 aliphatic rings. The number of nitrogens with one attached hydrogen (secondary N) is 2. The number of amides is 1. The van der Waals surface area contributed by atoms with E-state index in [1.165, 1.54) is 22.9 Å². The molecule has 4 rings (SSSR count). The molecule has 1 amide bonds.